The zero-order valence-electron chi connectivity index (χ0n) is 3.64. The van der Waals surface area contributed by atoms with Crippen molar-refractivity contribution in [3.05, 3.63) is 11.8 Å². The van der Waals surface area contributed by atoms with Crippen LogP contribution in [0.15, 0.2) is 11.8 Å². The Morgan fingerprint density at radius 3 is 2.33 bits per heavy atom. The Kier molecular flexibility index (Phi) is 2.13. The van der Waals surface area contributed by atoms with Crippen molar-refractivity contribution in [1.82, 2.24) is 0 Å². The zero-order valence-corrected chi connectivity index (χ0v) is 3.64. The lowest BCUT2D eigenvalue weighted by Gasteiger charge is -1.75. The predicted molar refractivity (Wildman–Crippen MR) is 24.0 cm³/mol. The van der Waals surface area contributed by atoms with Gasteiger partial charge in [-0.15, -0.1) is 0 Å². The van der Waals surface area contributed by atoms with E-state index in [9.17, 15) is 4.79 Å². The lowest BCUT2D eigenvalue weighted by Crippen LogP contribution is -1.95. The summed E-state index contributed by atoms with van der Waals surface area (Å²) in [6.45, 7) is 1.71. The van der Waals surface area contributed by atoms with E-state index >= 15 is 0 Å². The summed E-state index contributed by atoms with van der Waals surface area (Å²) in [6, 6.07) is 0. The summed E-state index contributed by atoms with van der Waals surface area (Å²) >= 11 is 0. The quantitative estimate of drug-likeness (QED) is 0.361. The Morgan fingerprint density at radius 2 is 2.33 bits per heavy atom. The number of hydrogen-bond donors (Lipinski definition) is 1. The van der Waals surface area contributed by atoms with Crippen molar-refractivity contribution < 1.29 is 4.79 Å². The second kappa shape index (κ2) is 2.45. The van der Waals surface area contributed by atoms with Gasteiger partial charge in [-0.2, -0.15) is 0 Å². The van der Waals surface area contributed by atoms with Gasteiger partial charge < -0.3 is 5.73 Å². The molecular formula is C4H7NO. The highest BCUT2D eigenvalue weighted by molar-refractivity contribution is 5.71. The molecule has 0 aliphatic heterocycles. The van der Waals surface area contributed by atoms with Crippen LogP contribution in [0.1, 0.15) is 6.92 Å². The fourth-order valence-electron chi connectivity index (χ4n) is 0.0680. The average Bonchev–Trinajstić information content (AvgIpc) is 1.65. The Balaban J connectivity index is 3.50. The van der Waals surface area contributed by atoms with Crippen LogP contribution in [-0.2, 0) is 4.79 Å². The van der Waals surface area contributed by atoms with Gasteiger partial charge in [-0.1, -0.05) is 6.08 Å². The molecule has 0 aromatic heterocycles. The highest BCUT2D eigenvalue weighted by Crippen LogP contribution is 1.69. The Bertz CT molecular complexity index is 75.6. The van der Waals surface area contributed by atoms with Gasteiger partial charge in [0.25, 0.3) is 0 Å². The summed E-state index contributed by atoms with van der Waals surface area (Å²) in [6.07, 6.45) is 2.16. The third-order valence-electron chi connectivity index (χ3n) is 0.469. The molecule has 0 aromatic carbocycles. The van der Waals surface area contributed by atoms with Gasteiger partial charge in [0, 0.05) is 0 Å². The van der Waals surface area contributed by atoms with Crippen molar-refractivity contribution in [2.75, 3.05) is 0 Å². The van der Waals surface area contributed by atoms with Gasteiger partial charge in [0.05, 0.1) is 5.70 Å². The van der Waals surface area contributed by atoms with Crippen LogP contribution >= 0.6 is 0 Å². The highest BCUT2D eigenvalue weighted by Gasteiger charge is 1.72. The van der Waals surface area contributed by atoms with Crippen molar-refractivity contribution in [2.45, 2.75) is 6.92 Å². The minimum atomic E-state index is 0.287. The maximum Gasteiger partial charge on any atom is 0.165 e. The number of carbonyl (C=O) groups excluding carboxylic acids is 1. The van der Waals surface area contributed by atoms with Crippen molar-refractivity contribution in [2.24, 2.45) is 5.73 Å². The normalized spacial score (nSPS) is 11.2. The van der Waals surface area contributed by atoms with E-state index in [4.69, 9.17) is 5.73 Å². The molecule has 0 saturated carbocycles. The number of allylic oxidation sites excluding steroid dienone is 2. The number of nitrogens with two attached hydrogens (primary N) is 1. The van der Waals surface area contributed by atoms with Gasteiger partial charge in [-0.05, 0) is 6.92 Å². The van der Waals surface area contributed by atoms with E-state index in [1.807, 2.05) is 0 Å². The standard InChI is InChI=1S/C4H7NO/c1-2-4(5)3-6/h2-3H,5H2,1H3. The molecule has 0 aromatic rings. The minimum Gasteiger partial charge on any atom is -0.396 e. The Morgan fingerprint density at radius 1 is 1.83 bits per heavy atom. The fraction of sp³-hybridized carbons (Fsp3) is 0.250. The van der Waals surface area contributed by atoms with Crippen molar-refractivity contribution in [3.63, 3.8) is 0 Å². The molecule has 0 radical (unpaired) electrons. The zero-order chi connectivity index (χ0) is 4.99. The second-order valence-electron chi connectivity index (χ2n) is 0.907. The molecule has 0 amide bonds. The molecule has 6 heavy (non-hydrogen) atoms. The van der Waals surface area contributed by atoms with E-state index in [1.54, 1.807) is 13.0 Å². The van der Waals surface area contributed by atoms with E-state index in [0.717, 1.165) is 0 Å². The third kappa shape index (κ3) is 1.52. The maximum absolute atomic E-state index is 9.54. The molecular weight excluding hydrogens is 78.0 g/mol. The lowest BCUT2D eigenvalue weighted by molar-refractivity contribution is -0.104. The number of rotatable bonds is 1. The lowest BCUT2D eigenvalue weighted by atomic mass is 10.5. The van der Waals surface area contributed by atoms with E-state index in [0.29, 0.717) is 6.29 Å². The SMILES string of the molecule is CC=C(N)C=O. The Hall–Kier alpha value is -0.790. The topological polar surface area (TPSA) is 43.1 Å². The monoisotopic (exact) mass is 85.1 g/mol. The van der Waals surface area contributed by atoms with Crippen molar-refractivity contribution in [1.29, 1.82) is 0 Å². The van der Waals surface area contributed by atoms with E-state index < -0.39 is 0 Å². The Labute approximate surface area is 36.6 Å². The van der Waals surface area contributed by atoms with Crippen LogP contribution in [0.5, 0.6) is 0 Å². The molecule has 0 bridgehead atoms. The smallest absolute Gasteiger partial charge is 0.165 e. The third-order valence-corrected chi connectivity index (χ3v) is 0.469. The molecule has 2 heteroatoms. The number of hydrogen-bond acceptors (Lipinski definition) is 2. The van der Waals surface area contributed by atoms with Crippen LogP contribution in [-0.4, -0.2) is 6.29 Å². The molecule has 0 rings (SSSR count). The molecule has 0 fully saturated rings. The minimum absolute atomic E-state index is 0.287. The first kappa shape index (κ1) is 5.21. The van der Waals surface area contributed by atoms with Crippen LogP contribution in [0.3, 0.4) is 0 Å². The number of aldehydes is 1. The van der Waals surface area contributed by atoms with Gasteiger partial charge in [-0.3, -0.25) is 4.79 Å². The summed E-state index contributed by atoms with van der Waals surface area (Å²) in [5, 5.41) is 0. The predicted octanol–water partition coefficient (Wildman–Crippen LogP) is 0.0478. The molecule has 0 aliphatic carbocycles. The summed E-state index contributed by atoms with van der Waals surface area (Å²) < 4.78 is 0. The average molecular weight is 85.1 g/mol. The van der Waals surface area contributed by atoms with E-state index in [2.05, 4.69) is 0 Å². The summed E-state index contributed by atoms with van der Waals surface area (Å²) in [7, 11) is 0. The van der Waals surface area contributed by atoms with Gasteiger partial charge in [0.1, 0.15) is 0 Å². The second-order valence-corrected chi connectivity index (χ2v) is 0.907. The fourth-order valence-corrected chi connectivity index (χ4v) is 0.0680. The highest BCUT2D eigenvalue weighted by atomic mass is 16.1. The molecule has 2 nitrogen and oxygen atoms in total. The molecule has 0 unspecified atom stereocenters. The van der Waals surface area contributed by atoms with Gasteiger partial charge >= 0.3 is 0 Å². The summed E-state index contributed by atoms with van der Waals surface area (Å²) in [4.78, 5) is 9.54. The van der Waals surface area contributed by atoms with Crippen LogP contribution < -0.4 is 5.73 Å². The van der Waals surface area contributed by atoms with Gasteiger partial charge in [0.2, 0.25) is 0 Å². The van der Waals surface area contributed by atoms with Crippen LogP contribution in [0.25, 0.3) is 0 Å². The number of carbonyl (C=O) groups is 1. The molecule has 34 valence electrons. The maximum atomic E-state index is 9.54. The van der Waals surface area contributed by atoms with Crippen molar-refractivity contribution in [3.8, 4) is 0 Å². The van der Waals surface area contributed by atoms with Crippen LogP contribution in [0, 0.1) is 0 Å². The first-order valence-electron chi connectivity index (χ1n) is 1.68. The molecule has 2 N–H and O–H groups in total. The van der Waals surface area contributed by atoms with Crippen molar-refractivity contribution >= 4 is 6.29 Å². The molecule has 0 aliphatic rings. The van der Waals surface area contributed by atoms with E-state index in [1.165, 1.54) is 0 Å². The van der Waals surface area contributed by atoms with Crippen LogP contribution in [0.4, 0.5) is 0 Å². The largest absolute Gasteiger partial charge is 0.396 e. The molecule has 0 spiro atoms. The first-order chi connectivity index (χ1) is 2.81. The molecule has 0 saturated heterocycles. The van der Waals surface area contributed by atoms with Gasteiger partial charge in [0.15, 0.2) is 6.29 Å². The molecule has 0 atom stereocenters. The summed E-state index contributed by atoms with van der Waals surface area (Å²) in [5.74, 6) is 0. The summed E-state index contributed by atoms with van der Waals surface area (Å²) in [5.41, 5.74) is 5.25. The molecule has 0 heterocycles. The van der Waals surface area contributed by atoms with Crippen LogP contribution in [0.2, 0.25) is 0 Å². The first-order valence-corrected chi connectivity index (χ1v) is 1.68. The van der Waals surface area contributed by atoms with E-state index in [-0.39, 0.29) is 5.70 Å². The van der Waals surface area contributed by atoms with Gasteiger partial charge in [-0.25, -0.2) is 0 Å².